The topological polar surface area (TPSA) is 280 Å². The van der Waals surface area contributed by atoms with Crippen LogP contribution in [0.1, 0.15) is 186 Å². The van der Waals surface area contributed by atoms with Crippen molar-refractivity contribution in [2.24, 2.45) is 11.8 Å². The largest absolute Gasteiger partial charge is 0.462 e. The average molecular weight is 1340 g/mol. The molecule has 0 aromatic carbocycles. The number of nitrogens with zero attached hydrogens (tertiary/aromatic N) is 6. The van der Waals surface area contributed by atoms with Crippen LogP contribution in [0.5, 0.6) is 0 Å². The Kier molecular flexibility index (Phi) is 40.9. The Morgan fingerprint density at radius 2 is 0.716 bits per heavy atom. The van der Waals surface area contributed by atoms with E-state index < -0.39 is 5.97 Å². The highest BCUT2D eigenvalue weighted by molar-refractivity contribution is 5.89. The van der Waals surface area contributed by atoms with E-state index in [9.17, 15) is 57.5 Å². The van der Waals surface area contributed by atoms with Gasteiger partial charge in [0.05, 0.1) is 26.4 Å². The van der Waals surface area contributed by atoms with Gasteiger partial charge in [-0.25, -0.2) is 28.8 Å². The minimum Gasteiger partial charge on any atom is -0.462 e. The fourth-order valence-electron chi connectivity index (χ4n) is 10.7. The van der Waals surface area contributed by atoms with Gasteiger partial charge in [-0.1, -0.05) is 39.5 Å². The summed E-state index contributed by atoms with van der Waals surface area (Å²) < 4.78 is 25.6. The fourth-order valence-corrected chi connectivity index (χ4v) is 10.7. The molecular weight excluding hydrogens is 1220 g/mol. The van der Waals surface area contributed by atoms with Crippen molar-refractivity contribution in [2.45, 2.75) is 210 Å². The van der Waals surface area contributed by atoms with Crippen molar-refractivity contribution in [3.05, 3.63) is 72.9 Å². The number of ether oxygens (including phenoxy) is 5. The smallest absolute Gasteiger partial charge is 0.352 e. The lowest BCUT2D eigenvalue weighted by Gasteiger charge is -2.35. The van der Waals surface area contributed by atoms with Gasteiger partial charge in [-0.3, -0.25) is 28.8 Å². The third kappa shape index (κ3) is 35.5. The lowest BCUT2D eigenvalue weighted by Crippen LogP contribution is -2.43. The highest BCUT2D eigenvalue weighted by Gasteiger charge is 2.30. The molecule has 6 rings (SSSR count). The first-order valence-corrected chi connectivity index (χ1v) is 33.2. The van der Waals surface area contributed by atoms with Crippen LogP contribution in [0, 0.1) is 11.8 Å². The molecule has 6 aliphatic heterocycles. The van der Waals surface area contributed by atoms with E-state index in [0.717, 1.165) is 135 Å². The molecule has 24 nitrogen and oxygen atoms in total. The Labute approximate surface area is 564 Å². The number of rotatable bonds is 19. The molecule has 4 unspecified atom stereocenters. The van der Waals surface area contributed by atoms with Gasteiger partial charge in [0, 0.05) is 171 Å². The van der Waals surface area contributed by atoms with Crippen LogP contribution >= 0.6 is 0 Å². The van der Waals surface area contributed by atoms with Gasteiger partial charge in [-0.15, -0.1) is 5.06 Å². The summed E-state index contributed by atoms with van der Waals surface area (Å²) in [5.41, 5.74) is 2.46. The van der Waals surface area contributed by atoms with Crippen LogP contribution < -0.4 is 0 Å². The molecule has 0 spiro atoms. The molecule has 0 aromatic heterocycles. The zero-order chi connectivity index (χ0) is 72.1. The minimum absolute atomic E-state index is 0.00733. The van der Waals surface area contributed by atoms with E-state index >= 15 is 0 Å². The van der Waals surface area contributed by atoms with Gasteiger partial charge in [0.25, 0.3) is 0 Å². The molecule has 0 radical (unpaired) electrons. The molecule has 24 heteroatoms. The van der Waals surface area contributed by atoms with Gasteiger partial charge >= 0.3 is 35.8 Å². The second-order valence-electron chi connectivity index (χ2n) is 25.2. The van der Waals surface area contributed by atoms with Crippen molar-refractivity contribution in [3.8, 4) is 0 Å². The average Bonchev–Trinajstić information content (AvgIpc) is 1.38. The number of esters is 5. The van der Waals surface area contributed by atoms with Gasteiger partial charge < -0.3 is 53.0 Å². The van der Waals surface area contributed by atoms with Crippen molar-refractivity contribution < 1.29 is 86.1 Å². The Morgan fingerprint density at radius 3 is 1.07 bits per heavy atom. The molecule has 6 heterocycles. The molecule has 95 heavy (non-hydrogen) atoms. The molecule has 0 saturated carbocycles. The van der Waals surface area contributed by atoms with E-state index in [1.54, 1.807) is 86.0 Å². The Hall–Kier alpha value is -7.76. The normalized spacial score (nSPS) is 19.4. The summed E-state index contributed by atoms with van der Waals surface area (Å²) in [5, 5.41) is 1.53. The highest BCUT2D eigenvalue weighted by atomic mass is 16.7. The first-order valence-electron chi connectivity index (χ1n) is 33.2. The molecule has 6 aliphatic rings. The van der Waals surface area contributed by atoms with Crippen molar-refractivity contribution in [1.82, 2.24) is 29.6 Å². The molecular formula is C71H112N6O18. The van der Waals surface area contributed by atoms with E-state index in [1.807, 2.05) is 14.7 Å². The second-order valence-corrected chi connectivity index (χ2v) is 25.2. The van der Waals surface area contributed by atoms with Crippen LogP contribution in [0.4, 0.5) is 0 Å². The number of hydrogen-bond acceptors (Lipinski definition) is 19. The predicted molar refractivity (Wildman–Crippen MR) is 360 cm³/mol. The van der Waals surface area contributed by atoms with Gasteiger partial charge in [-0.05, 0) is 131 Å². The van der Waals surface area contributed by atoms with Crippen molar-refractivity contribution in [3.63, 3.8) is 0 Å². The van der Waals surface area contributed by atoms with Gasteiger partial charge in [0.1, 0.15) is 18.0 Å². The maximum absolute atomic E-state index is 11.4. The summed E-state index contributed by atoms with van der Waals surface area (Å²) >= 11 is 0. The number of Topliss-reactive ketones (excluding diaryl/α,β-unsaturated/α-hetero) is 1. The zero-order valence-electron chi connectivity index (χ0n) is 59.2. The number of hydroxylamine groups is 2. The van der Waals surface area contributed by atoms with Gasteiger partial charge in [0.2, 0.25) is 29.5 Å². The predicted octanol–water partition coefficient (Wildman–Crippen LogP) is 8.71. The van der Waals surface area contributed by atoms with Crippen LogP contribution in [-0.2, 0) is 86.1 Å². The number of ketones is 1. The maximum Gasteiger partial charge on any atom is 0.352 e. The summed E-state index contributed by atoms with van der Waals surface area (Å²) in [7, 11) is 0. The van der Waals surface area contributed by atoms with Crippen LogP contribution in [0.25, 0.3) is 0 Å². The molecule has 0 N–H and O–H groups in total. The molecule has 4 atom stereocenters. The maximum atomic E-state index is 11.4. The monoisotopic (exact) mass is 1340 g/mol. The Morgan fingerprint density at radius 1 is 0.337 bits per heavy atom. The van der Waals surface area contributed by atoms with E-state index in [2.05, 4.69) is 39.5 Å². The first-order chi connectivity index (χ1) is 44.6. The third-order valence-corrected chi connectivity index (χ3v) is 16.5. The Balaban J connectivity index is 0.000000571. The van der Waals surface area contributed by atoms with E-state index in [-0.39, 0.29) is 95.4 Å². The van der Waals surface area contributed by atoms with E-state index in [4.69, 9.17) is 28.5 Å². The molecule has 0 aromatic rings. The number of carbonyl (C=O) groups is 12. The number of carbonyl (C=O) groups excluding carboxylic acids is 12. The van der Waals surface area contributed by atoms with Gasteiger partial charge in [-0.2, -0.15) is 0 Å². The lowest BCUT2D eigenvalue weighted by atomic mass is 9.94. The molecule has 534 valence electrons. The minimum atomic E-state index is -0.422. The van der Waals surface area contributed by atoms with Crippen LogP contribution in [0.15, 0.2) is 72.9 Å². The quantitative estimate of drug-likeness (QED) is 0.0663. The summed E-state index contributed by atoms with van der Waals surface area (Å²) in [6.45, 7) is 48.5. The second kappa shape index (κ2) is 45.6. The fraction of sp³-hybridized carbons (Fsp3) is 0.662. The van der Waals surface area contributed by atoms with E-state index in [0.29, 0.717) is 91.9 Å². The van der Waals surface area contributed by atoms with Crippen molar-refractivity contribution in [2.75, 3.05) is 85.3 Å². The number of piperidine rings is 5. The summed E-state index contributed by atoms with van der Waals surface area (Å²) in [6, 6.07) is 0.443. The lowest BCUT2D eigenvalue weighted by molar-refractivity contribution is -0.181. The highest BCUT2D eigenvalue weighted by Crippen LogP contribution is 2.24. The first kappa shape index (κ1) is 85.3. The standard InChI is InChI=1S/3C13H21NO3.2C11H17NO3.C10H15NO3/c1-10(2)13(16)17-9-6-12-4-7-14(8-5-12)11(3)15;2*1-10(2)13(16)17-9-7-12-6-4-5-8-14(12)11(3)15;1-8(2)11(14)15-10-4-6-12(7-5-10)9(3)13;1-8(2)11(14)15-10-5-4-6-12(7-10)9(3)13;1-7(2)10(13)14-11-5-4-9(6-11)8(3)12/h3*12H,1,4-9H2,2-3H3;2*10H,1,4-7H2,2-3H3;9H,1,4-6H2,2-3H3. The number of hydrogen-bond donors (Lipinski definition) is 0. The van der Waals surface area contributed by atoms with Crippen LogP contribution in [-0.4, -0.2) is 210 Å². The summed E-state index contributed by atoms with van der Waals surface area (Å²) in [6.07, 6.45) is 14.4. The molecule has 6 saturated heterocycles. The van der Waals surface area contributed by atoms with Crippen LogP contribution in [0.2, 0.25) is 0 Å². The van der Waals surface area contributed by atoms with Crippen molar-refractivity contribution >= 4 is 71.1 Å². The van der Waals surface area contributed by atoms with Crippen molar-refractivity contribution in [1.29, 1.82) is 0 Å². The SMILES string of the molecule is C=C(C)C(=O)OC1CCCN(C(C)=O)C1.C=C(C)C(=O)OC1CCN(C(C)=O)CC1.C=C(C)C(=O)OCCC1CCCCN1C(C)=O.C=C(C)C(=O)OCCC1CCCCN1C(C)=O.C=C(C)C(=O)OCCC1CCN(C(C)=O)CC1.C=C(C)C(=O)ON1CCC(C(C)=O)C1. The summed E-state index contributed by atoms with van der Waals surface area (Å²) in [4.78, 5) is 148. The number of likely N-dealkylation sites (tertiary alicyclic amines) is 5. The molecule has 6 fully saturated rings. The van der Waals surface area contributed by atoms with Crippen LogP contribution in [0.3, 0.4) is 0 Å². The Bertz CT molecular complexity index is 2630. The molecule has 0 aliphatic carbocycles. The third-order valence-electron chi connectivity index (χ3n) is 16.5. The van der Waals surface area contributed by atoms with E-state index in [1.165, 1.54) is 12.0 Å². The zero-order valence-corrected chi connectivity index (χ0v) is 59.2. The van der Waals surface area contributed by atoms with Gasteiger partial charge in [0.15, 0.2) is 0 Å². The number of amides is 5. The molecule has 0 bridgehead atoms. The molecule has 5 amide bonds. The summed E-state index contributed by atoms with van der Waals surface area (Å²) in [5.74, 6) is -0.937.